The average Bonchev–Trinajstić information content (AvgIpc) is 3.01. The molecule has 0 saturated heterocycles. The lowest BCUT2D eigenvalue weighted by Crippen LogP contribution is -2.17. The van der Waals surface area contributed by atoms with Gasteiger partial charge in [-0.1, -0.05) is 13.0 Å². The molecule has 0 spiro atoms. The number of carbonyl (C=O) groups excluding carboxylic acids is 1. The van der Waals surface area contributed by atoms with Gasteiger partial charge >= 0.3 is 5.97 Å². The van der Waals surface area contributed by atoms with Crippen LogP contribution in [-0.4, -0.2) is 26.2 Å². The van der Waals surface area contributed by atoms with Gasteiger partial charge in [0.05, 0.1) is 7.11 Å². The molecule has 0 aromatic carbocycles. The van der Waals surface area contributed by atoms with Crippen molar-refractivity contribution in [3.63, 3.8) is 0 Å². The molecule has 0 aromatic heterocycles. The van der Waals surface area contributed by atoms with Crippen LogP contribution in [-0.2, 0) is 9.53 Å². The molecular weight excluding hydrogens is 178 g/mol. The van der Waals surface area contributed by atoms with E-state index in [1.165, 1.54) is 20.0 Å². The standard InChI is InChI=1S/C11H19NO2/c1-3-10(11(13)14-2)6-7-12-8-9-4-5-9/h6,9,12H,3-5,7-8H2,1-2H3. The first-order valence-electron chi connectivity index (χ1n) is 5.26. The number of esters is 1. The monoisotopic (exact) mass is 197 g/mol. The molecule has 1 fully saturated rings. The quantitative estimate of drug-likeness (QED) is 0.398. The summed E-state index contributed by atoms with van der Waals surface area (Å²) in [5.74, 6) is 0.673. The van der Waals surface area contributed by atoms with E-state index in [0.717, 1.165) is 31.0 Å². The van der Waals surface area contributed by atoms with Gasteiger partial charge < -0.3 is 10.1 Å². The number of ether oxygens (including phenoxy) is 1. The van der Waals surface area contributed by atoms with Crippen LogP contribution < -0.4 is 5.32 Å². The van der Waals surface area contributed by atoms with Crippen LogP contribution in [0.25, 0.3) is 0 Å². The van der Waals surface area contributed by atoms with E-state index in [0.29, 0.717) is 0 Å². The van der Waals surface area contributed by atoms with E-state index in [1.807, 2.05) is 13.0 Å². The molecule has 0 aromatic rings. The molecule has 14 heavy (non-hydrogen) atoms. The summed E-state index contributed by atoms with van der Waals surface area (Å²) >= 11 is 0. The fraction of sp³-hybridized carbons (Fsp3) is 0.727. The van der Waals surface area contributed by atoms with Crippen molar-refractivity contribution >= 4 is 5.97 Å². The molecular formula is C11H19NO2. The van der Waals surface area contributed by atoms with Gasteiger partial charge in [-0.2, -0.15) is 0 Å². The third-order valence-corrected chi connectivity index (χ3v) is 2.45. The maximum absolute atomic E-state index is 11.2. The Morgan fingerprint density at radius 3 is 2.79 bits per heavy atom. The van der Waals surface area contributed by atoms with Gasteiger partial charge in [0.25, 0.3) is 0 Å². The van der Waals surface area contributed by atoms with E-state index in [-0.39, 0.29) is 5.97 Å². The lowest BCUT2D eigenvalue weighted by atomic mass is 10.2. The van der Waals surface area contributed by atoms with E-state index in [2.05, 4.69) is 10.1 Å². The van der Waals surface area contributed by atoms with Crippen LogP contribution >= 0.6 is 0 Å². The fourth-order valence-electron chi connectivity index (χ4n) is 1.31. The summed E-state index contributed by atoms with van der Waals surface area (Å²) in [5, 5.41) is 3.31. The zero-order valence-electron chi connectivity index (χ0n) is 9.01. The second-order valence-corrected chi connectivity index (χ2v) is 3.68. The van der Waals surface area contributed by atoms with E-state index >= 15 is 0 Å². The fourth-order valence-corrected chi connectivity index (χ4v) is 1.31. The Bertz CT molecular complexity index is 219. The lowest BCUT2D eigenvalue weighted by molar-refractivity contribution is -0.136. The molecule has 0 aliphatic heterocycles. The molecule has 0 amide bonds. The highest BCUT2D eigenvalue weighted by molar-refractivity contribution is 5.88. The minimum absolute atomic E-state index is 0.208. The van der Waals surface area contributed by atoms with Crippen molar-refractivity contribution in [3.05, 3.63) is 11.6 Å². The van der Waals surface area contributed by atoms with Gasteiger partial charge in [-0.15, -0.1) is 0 Å². The molecule has 0 atom stereocenters. The summed E-state index contributed by atoms with van der Waals surface area (Å²) in [7, 11) is 1.42. The van der Waals surface area contributed by atoms with E-state index in [9.17, 15) is 4.79 Å². The van der Waals surface area contributed by atoms with Crippen LogP contribution in [0.15, 0.2) is 11.6 Å². The van der Waals surface area contributed by atoms with Gasteiger partial charge in [0.15, 0.2) is 0 Å². The van der Waals surface area contributed by atoms with Crippen LogP contribution in [0.4, 0.5) is 0 Å². The average molecular weight is 197 g/mol. The molecule has 1 aliphatic rings. The topological polar surface area (TPSA) is 38.3 Å². The predicted molar refractivity (Wildman–Crippen MR) is 56.0 cm³/mol. The van der Waals surface area contributed by atoms with Crippen molar-refractivity contribution in [2.75, 3.05) is 20.2 Å². The van der Waals surface area contributed by atoms with Gasteiger partial charge in [0.2, 0.25) is 0 Å². The van der Waals surface area contributed by atoms with Gasteiger partial charge in [0.1, 0.15) is 0 Å². The summed E-state index contributed by atoms with van der Waals surface area (Å²) in [6, 6.07) is 0. The van der Waals surface area contributed by atoms with Crippen LogP contribution in [0.1, 0.15) is 26.2 Å². The highest BCUT2D eigenvalue weighted by Crippen LogP contribution is 2.27. The van der Waals surface area contributed by atoms with Crippen molar-refractivity contribution in [2.24, 2.45) is 5.92 Å². The normalized spacial score (nSPS) is 16.9. The Balaban J connectivity index is 2.20. The first-order valence-corrected chi connectivity index (χ1v) is 5.26. The Morgan fingerprint density at radius 2 is 2.29 bits per heavy atom. The zero-order valence-corrected chi connectivity index (χ0v) is 9.01. The predicted octanol–water partition coefficient (Wildman–Crippen LogP) is 1.50. The molecule has 0 heterocycles. The largest absolute Gasteiger partial charge is 0.466 e. The summed E-state index contributed by atoms with van der Waals surface area (Å²) in [6.45, 7) is 3.81. The van der Waals surface area contributed by atoms with Crippen molar-refractivity contribution < 1.29 is 9.53 Å². The number of methoxy groups -OCH3 is 1. The number of hydrogen-bond donors (Lipinski definition) is 1. The summed E-state index contributed by atoms with van der Waals surface area (Å²) < 4.78 is 4.66. The number of hydrogen-bond acceptors (Lipinski definition) is 3. The second kappa shape index (κ2) is 5.81. The number of nitrogens with one attached hydrogen (secondary N) is 1. The molecule has 0 bridgehead atoms. The summed E-state index contributed by atoms with van der Waals surface area (Å²) in [4.78, 5) is 11.2. The van der Waals surface area contributed by atoms with Gasteiger partial charge in [-0.05, 0) is 31.7 Å². The van der Waals surface area contributed by atoms with Crippen LogP contribution in [0.5, 0.6) is 0 Å². The summed E-state index contributed by atoms with van der Waals surface area (Å²) in [5.41, 5.74) is 0.760. The smallest absolute Gasteiger partial charge is 0.333 e. The lowest BCUT2D eigenvalue weighted by Gasteiger charge is -2.03. The summed E-state index contributed by atoms with van der Waals surface area (Å²) in [6.07, 6.45) is 5.37. The maximum Gasteiger partial charge on any atom is 0.333 e. The van der Waals surface area contributed by atoms with E-state index in [1.54, 1.807) is 0 Å². The Morgan fingerprint density at radius 1 is 1.57 bits per heavy atom. The third-order valence-electron chi connectivity index (χ3n) is 2.45. The van der Waals surface area contributed by atoms with E-state index in [4.69, 9.17) is 0 Å². The first-order chi connectivity index (χ1) is 6.77. The Kier molecular flexibility index (Phi) is 4.66. The zero-order chi connectivity index (χ0) is 10.4. The first kappa shape index (κ1) is 11.2. The highest BCUT2D eigenvalue weighted by atomic mass is 16.5. The Labute approximate surface area is 85.5 Å². The van der Waals surface area contributed by atoms with Crippen molar-refractivity contribution in [3.8, 4) is 0 Å². The van der Waals surface area contributed by atoms with Gasteiger partial charge in [-0.25, -0.2) is 4.79 Å². The minimum Gasteiger partial charge on any atom is -0.466 e. The van der Waals surface area contributed by atoms with Crippen molar-refractivity contribution in [1.29, 1.82) is 0 Å². The number of carbonyl (C=O) groups is 1. The highest BCUT2D eigenvalue weighted by Gasteiger charge is 2.19. The minimum atomic E-state index is -0.208. The van der Waals surface area contributed by atoms with Crippen molar-refractivity contribution in [1.82, 2.24) is 5.32 Å². The molecule has 1 N–H and O–H groups in total. The maximum atomic E-state index is 11.2. The Hall–Kier alpha value is -0.830. The van der Waals surface area contributed by atoms with Crippen molar-refractivity contribution in [2.45, 2.75) is 26.2 Å². The van der Waals surface area contributed by atoms with Gasteiger partial charge in [-0.3, -0.25) is 0 Å². The van der Waals surface area contributed by atoms with Gasteiger partial charge in [0, 0.05) is 12.1 Å². The molecule has 0 unspecified atom stereocenters. The second-order valence-electron chi connectivity index (χ2n) is 3.68. The van der Waals surface area contributed by atoms with Crippen LogP contribution in [0, 0.1) is 5.92 Å². The molecule has 3 heteroatoms. The van der Waals surface area contributed by atoms with Crippen LogP contribution in [0.2, 0.25) is 0 Å². The van der Waals surface area contributed by atoms with Crippen LogP contribution in [0.3, 0.4) is 0 Å². The molecule has 1 rings (SSSR count). The SMILES string of the molecule is CCC(=CCNCC1CC1)C(=O)OC. The molecule has 80 valence electrons. The number of rotatable bonds is 6. The third kappa shape index (κ3) is 3.92. The molecule has 1 aliphatic carbocycles. The van der Waals surface area contributed by atoms with E-state index < -0.39 is 0 Å². The molecule has 0 radical (unpaired) electrons. The molecule has 1 saturated carbocycles. The molecule has 3 nitrogen and oxygen atoms in total.